The van der Waals surface area contributed by atoms with Gasteiger partial charge in [-0.25, -0.2) is 9.59 Å². The van der Waals surface area contributed by atoms with Crippen LogP contribution in [0.15, 0.2) is 71.2 Å². The van der Waals surface area contributed by atoms with Crippen molar-refractivity contribution in [2.75, 3.05) is 33.0 Å². The first kappa shape index (κ1) is 53.3. The molecule has 2 heterocycles. The standard InChI is InChI=1S/C45H66ClN5O10S/c1-30(28-31(2)34-22-23-35(59-7)43(57)61-34)16-11-12-19-38(53)50-40(45(4,5)6)41(55)48-24-14-17-33(21-20-32(3)46)60-44(58)49-26-15-25-47-37(52)18-10-9-13-27-51-39(54)29-36(62-8)42(51)56/h11-12,14,16,19-20,23-24,28,31,33-34,36,40H,9-10,13,15,17-18,21-22,25-27,29H2,1-8H3,(H,47,52)(H,48,55)(H,49,58)(H,50,53)/b16-11-,19-12-,24-14-,30-28+,32-20+/t31-,33+,34-,36?,40?/m0/s1. The highest BCUT2D eigenvalue weighted by atomic mass is 35.5. The van der Waals surface area contributed by atoms with Gasteiger partial charge in [-0.1, -0.05) is 87.7 Å². The molecule has 6 amide bonds. The van der Waals surface area contributed by atoms with E-state index in [0.29, 0.717) is 56.6 Å². The van der Waals surface area contributed by atoms with Gasteiger partial charge in [0, 0.05) is 68.8 Å². The molecule has 62 heavy (non-hydrogen) atoms. The summed E-state index contributed by atoms with van der Waals surface area (Å²) in [6.07, 6.45) is 19.5. The number of esters is 1. The number of alkyl carbamates (subject to hydrolysis) is 1. The molecule has 15 nitrogen and oxygen atoms in total. The molecular formula is C45H66ClN5O10S. The van der Waals surface area contributed by atoms with Crippen molar-refractivity contribution in [2.45, 2.75) is 123 Å². The number of allylic oxidation sites excluding steroid dienone is 5. The lowest BCUT2D eigenvalue weighted by Gasteiger charge is -2.29. The Labute approximate surface area is 376 Å². The number of nitrogens with zero attached hydrogens (tertiary/aromatic N) is 1. The van der Waals surface area contributed by atoms with Crippen LogP contribution in [0.1, 0.15) is 99.3 Å². The summed E-state index contributed by atoms with van der Waals surface area (Å²) >= 11 is 7.42. The topological polar surface area (TPSA) is 199 Å². The molecule has 344 valence electrons. The zero-order valence-electron chi connectivity index (χ0n) is 37.4. The number of hydrogen-bond donors (Lipinski definition) is 4. The maximum atomic E-state index is 13.2. The number of thioether (sulfide) groups is 1. The highest BCUT2D eigenvalue weighted by Gasteiger charge is 2.37. The number of halogens is 1. The molecular weight excluding hydrogens is 838 g/mol. The summed E-state index contributed by atoms with van der Waals surface area (Å²) in [6.45, 7) is 12.1. The smallest absolute Gasteiger partial charge is 0.407 e. The average molecular weight is 905 g/mol. The van der Waals surface area contributed by atoms with Gasteiger partial charge >= 0.3 is 12.1 Å². The average Bonchev–Trinajstić information content (AvgIpc) is 3.49. The van der Waals surface area contributed by atoms with E-state index in [1.54, 1.807) is 37.3 Å². The van der Waals surface area contributed by atoms with Crippen LogP contribution >= 0.6 is 23.4 Å². The predicted octanol–water partition coefficient (Wildman–Crippen LogP) is 6.26. The van der Waals surface area contributed by atoms with Gasteiger partial charge < -0.3 is 35.5 Å². The Morgan fingerprint density at radius 3 is 2.37 bits per heavy atom. The highest BCUT2D eigenvalue weighted by Crippen LogP contribution is 2.25. The van der Waals surface area contributed by atoms with Gasteiger partial charge in [-0.05, 0) is 57.1 Å². The summed E-state index contributed by atoms with van der Waals surface area (Å²) in [6, 6.07) is -0.870. The molecule has 0 saturated carbocycles. The molecule has 1 saturated heterocycles. The third-order valence-electron chi connectivity index (χ3n) is 9.86. The molecule has 0 radical (unpaired) electrons. The molecule has 2 aliphatic heterocycles. The van der Waals surface area contributed by atoms with Crippen molar-refractivity contribution >= 4 is 65.0 Å². The number of ether oxygens (including phenoxy) is 3. The van der Waals surface area contributed by atoms with Gasteiger partial charge in [0.1, 0.15) is 18.2 Å². The van der Waals surface area contributed by atoms with Gasteiger partial charge in [0.15, 0.2) is 5.76 Å². The fraction of sp³-hybridized carbons (Fsp3) is 0.578. The van der Waals surface area contributed by atoms with Crippen molar-refractivity contribution in [1.29, 1.82) is 0 Å². The highest BCUT2D eigenvalue weighted by molar-refractivity contribution is 8.00. The number of rotatable bonds is 25. The van der Waals surface area contributed by atoms with Crippen molar-refractivity contribution in [3.05, 3.63) is 71.2 Å². The predicted molar refractivity (Wildman–Crippen MR) is 241 cm³/mol. The van der Waals surface area contributed by atoms with E-state index < -0.39 is 41.4 Å². The maximum absolute atomic E-state index is 13.2. The summed E-state index contributed by atoms with van der Waals surface area (Å²) in [5.74, 6) is -1.57. The Kier molecular flexibility index (Phi) is 24.1. The van der Waals surface area contributed by atoms with Gasteiger partial charge in [0.25, 0.3) is 0 Å². The summed E-state index contributed by atoms with van der Waals surface area (Å²) in [5, 5.41) is 11.3. The molecule has 4 N–H and O–H groups in total. The third-order valence-corrected chi connectivity index (χ3v) is 10.9. The Bertz CT molecular complexity index is 1750. The van der Waals surface area contributed by atoms with Crippen molar-refractivity contribution in [3.63, 3.8) is 0 Å². The van der Waals surface area contributed by atoms with E-state index in [1.165, 1.54) is 36.0 Å². The Hall–Kier alpha value is -4.83. The van der Waals surface area contributed by atoms with Gasteiger partial charge in [-0.2, -0.15) is 11.8 Å². The van der Waals surface area contributed by atoms with Crippen LogP contribution in [0.3, 0.4) is 0 Å². The lowest BCUT2D eigenvalue weighted by molar-refractivity contribution is -0.151. The van der Waals surface area contributed by atoms with Gasteiger partial charge in [-0.15, -0.1) is 0 Å². The molecule has 1 fully saturated rings. The normalized spacial score (nSPS) is 19.0. The van der Waals surface area contributed by atoms with Crippen LogP contribution in [-0.2, 0) is 43.0 Å². The zero-order valence-corrected chi connectivity index (χ0v) is 39.0. The Morgan fingerprint density at radius 2 is 1.73 bits per heavy atom. The molecule has 5 atom stereocenters. The number of imide groups is 1. The maximum Gasteiger partial charge on any atom is 0.407 e. The summed E-state index contributed by atoms with van der Waals surface area (Å²) < 4.78 is 16.1. The van der Waals surface area contributed by atoms with E-state index >= 15 is 0 Å². The van der Waals surface area contributed by atoms with E-state index in [1.807, 2.05) is 53.0 Å². The van der Waals surface area contributed by atoms with Crippen LogP contribution in [0.4, 0.5) is 4.79 Å². The quantitative estimate of drug-likeness (QED) is 0.0265. The van der Waals surface area contributed by atoms with E-state index in [9.17, 15) is 33.6 Å². The van der Waals surface area contributed by atoms with Crippen molar-refractivity contribution in [3.8, 4) is 0 Å². The molecule has 0 aliphatic carbocycles. The second kappa shape index (κ2) is 28.0. The fourth-order valence-electron chi connectivity index (χ4n) is 6.36. The summed E-state index contributed by atoms with van der Waals surface area (Å²) in [7, 11) is 1.43. The lowest BCUT2D eigenvalue weighted by Crippen LogP contribution is -2.52. The monoisotopic (exact) mass is 903 g/mol. The van der Waals surface area contributed by atoms with Gasteiger partial charge in [0.05, 0.1) is 12.4 Å². The van der Waals surface area contributed by atoms with Gasteiger partial charge in [0.2, 0.25) is 29.5 Å². The number of nitrogens with one attached hydrogen (secondary N) is 4. The van der Waals surface area contributed by atoms with Crippen molar-refractivity contribution in [1.82, 2.24) is 26.2 Å². The van der Waals surface area contributed by atoms with E-state index in [-0.39, 0.29) is 60.1 Å². The van der Waals surface area contributed by atoms with E-state index in [4.69, 9.17) is 25.8 Å². The molecule has 17 heteroatoms. The first-order chi connectivity index (χ1) is 29.4. The first-order valence-corrected chi connectivity index (χ1v) is 22.7. The third kappa shape index (κ3) is 20.4. The molecule has 0 aromatic carbocycles. The van der Waals surface area contributed by atoms with Crippen LogP contribution in [-0.4, -0.2) is 103 Å². The van der Waals surface area contributed by atoms with Gasteiger partial charge in [-0.3, -0.25) is 28.9 Å². The number of hydrogen-bond acceptors (Lipinski definition) is 11. The van der Waals surface area contributed by atoms with Crippen molar-refractivity contribution < 1.29 is 47.8 Å². The summed E-state index contributed by atoms with van der Waals surface area (Å²) in [5.41, 5.74) is 0.292. The molecule has 0 spiro atoms. The minimum absolute atomic E-state index is 0.0432. The number of likely N-dealkylation sites (tertiary alicyclic amines) is 1. The van der Waals surface area contributed by atoms with Crippen LogP contribution in [0.5, 0.6) is 0 Å². The zero-order chi connectivity index (χ0) is 46.2. The molecule has 0 aromatic heterocycles. The second-order valence-electron chi connectivity index (χ2n) is 16.2. The largest absolute Gasteiger partial charge is 0.490 e. The van der Waals surface area contributed by atoms with Crippen LogP contribution in [0.2, 0.25) is 0 Å². The minimum Gasteiger partial charge on any atom is -0.490 e. The first-order valence-electron chi connectivity index (χ1n) is 21.0. The van der Waals surface area contributed by atoms with Crippen molar-refractivity contribution in [2.24, 2.45) is 11.3 Å². The van der Waals surface area contributed by atoms with E-state index in [2.05, 4.69) is 21.3 Å². The second-order valence-corrected chi connectivity index (χ2v) is 17.8. The number of amides is 6. The van der Waals surface area contributed by atoms with Crippen LogP contribution < -0.4 is 21.3 Å². The number of carbonyl (C=O) groups excluding carboxylic acids is 7. The SMILES string of the molecule is COC1=CC[C@@H]([C@@H](C)/C=C(C)/C=C\C=C/C(=O)NC(C(=O)N/C=C\C[C@H](C/C=C(\C)Cl)OC(=O)NCCCNC(=O)CCCCCN2C(=O)CC(SC)C2=O)C(C)(C)C)OC1=O. The number of cyclic esters (lactones) is 1. The number of carbonyl (C=O) groups is 7. The number of unbranched alkanes of at least 4 members (excludes halogenated alkanes) is 2. The summed E-state index contributed by atoms with van der Waals surface area (Å²) in [4.78, 5) is 88.4. The molecule has 0 bridgehead atoms. The Balaban J connectivity index is 1.75. The van der Waals surface area contributed by atoms with Crippen LogP contribution in [0.25, 0.3) is 0 Å². The molecule has 0 aromatic rings. The fourth-order valence-corrected chi connectivity index (χ4v) is 7.08. The number of methoxy groups -OCH3 is 1. The lowest BCUT2D eigenvalue weighted by atomic mass is 9.86. The molecule has 2 rings (SSSR count). The molecule has 2 aliphatic rings. The van der Waals surface area contributed by atoms with Crippen LogP contribution in [0, 0.1) is 11.3 Å². The minimum atomic E-state index is -0.870. The Morgan fingerprint density at radius 1 is 1.02 bits per heavy atom. The molecule has 2 unspecified atom stereocenters. The van der Waals surface area contributed by atoms with E-state index in [0.717, 1.165) is 12.0 Å².